The van der Waals surface area contributed by atoms with Gasteiger partial charge in [-0.1, -0.05) is 5.16 Å². The van der Waals surface area contributed by atoms with Crippen molar-refractivity contribution in [3.8, 4) is 0 Å². The van der Waals surface area contributed by atoms with Crippen LogP contribution in [0.4, 0.5) is 0 Å². The fourth-order valence-electron chi connectivity index (χ4n) is 1.92. The molecule has 0 saturated heterocycles. The summed E-state index contributed by atoms with van der Waals surface area (Å²) in [5.74, 6) is -0.609. The average Bonchev–Trinajstić information content (AvgIpc) is 3.00. The van der Waals surface area contributed by atoms with E-state index >= 15 is 0 Å². The molecule has 0 aliphatic carbocycles. The summed E-state index contributed by atoms with van der Waals surface area (Å²) >= 11 is 0. The van der Waals surface area contributed by atoms with Crippen molar-refractivity contribution in [2.24, 2.45) is 0 Å². The third-order valence-electron chi connectivity index (χ3n) is 2.81. The van der Waals surface area contributed by atoms with E-state index in [9.17, 15) is 14.7 Å². The zero-order valence-corrected chi connectivity index (χ0v) is 11.0. The molecule has 0 fully saturated rings. The molecule has 0 aliphatic rings. The van der Waals surface area contributed by atoms with E-state index in [1.54, 1.807) is 6.92 Å². The normalized spacial score (nSPS) is 11.1. The van der Waals surface area contributed by atoms with Gasteiger partial charge < -0.3 is 14.0 Å². The fourth-order valence-corrected chi connectivity index (χ4v) is 1.92. The van der Waals surface area contributed by atoms with Crippen LogP contribution < -0.4 is 5.56 Å². The lowest BCUT2D eigenvalue weighted by molar-refractivity contribution is 0.0689. The number of aromatic carboxylic acids is 1. The van der Waals surface area contributed by atoms with Gasteiger partial charge in [-0.2, -0.15) is 5.10 Å². The Morgan fingerprint density at radius 1 is 1.33 bits per heavy atom. The van der Waals surface area contributed by atoms with E-state index in [-0.39, 0.29) is 34.8 Å². The lowest BCUT2D eigenvalue weighted by atomic mass is 10.2. The molecule has 3 rings (SSSR count). The van der Waals surface area contributed by atoms with Gasteiger partial charge in [0.2, 0.25) is 11.8 Å². The topological polar surface area (TPSA) is 137 Å². The van der Waals surface area contributed by atoms with Gasteiger partial charge in [0, 0.05) is 6.92 Å². The number of carboxylic acids is 1. The van der Waals surface area contributed by atoms with E-state index in [2.05, 4.69) is 20.5 Å². The molecule has 3 aromatic heterocycles. The summed E-state index contributed by atoms with van der Waals surface area (Å²) in [6.07, 6.45) is 0. The number of fused-ring (bicyclic) bond motifs is 1. The highest BCUT2D eigenvalue weighted by atomic mass is 16.5. The molecule has 0 saturated carbocycles. The zero-order chi connectivity index (χ0) is 15.1. The Hall–Kier alpha value is -3.04. The first-order valence-corrected chi connectivity index (χ1v) is 5.86. The lowest BCUT2D eigenvalue weighted by Crippen LogP contribution is -2.26. The third kappa shape index (κ3) is 2.06. The van der Waals surface area contributed by atoms with Crippen molar-refractivity contribution in [3.05, 3.63) is 33.6 Å². The molecule has 0 bridgehead atoms. The molecule has 3 heterocycles. The number of aryl methyl sites for hydroxylation is 2. The Balaban J connectivity index is 2.21. The van der Waals surface area contributed by atoms with E-state index in [1.165, 1.54) is 6.92 Å². The van der Waals surface area contributed by atoms with Gasteiger partial charge in [-0.05, 0) is 6.92 Å². The Labute approximate surface area is 116 Å². The molecule has 10 heteroatoms. The van der Waals surface area contributed by atoms with Gasteiger partial charge in [-0.15, -0.1) is 10.2 Å². The first kappa shape index (κ1) is 13.0. The number of rotatable bonds is 3. The van der Waals surface area contributed by atoms with Crippen LogP contribution >= 0.6 is 0 Å². The number of hydrogen-bond donors (Lipinski definition) is 1. The Kier molecular flexibility index (Phi) is 2.78. The van der Waals surface area contributed by atoms with Crippen LogP contribution in [0.15, 0.2) is 13.7 Å². The van der Waals surface area contributed by atoms with Crippen LogP contribution in [0.25, 0.3) is 10.9 Å². The second-order valence-electron chi connectivity index (χ2n) is 4.29. The predicted molar refractivity (Wildman–Crippen MR) is 65.9 cm³/mol. The largest absolute Gasteiger partial charge is 0.476 e. The highest BCUT2D eigenvalue weighted by Gasteiger charge is 2.22. The first-order valence-electron chi connectivity index (χ1n) is 5.86. The van der Waals surface area contributed by atoms with Gasteiger partial charge in [0.05, 0.1) is 5.39 Å². The second kappa shape index (κ2) is 4.51. The molecular formula is C11H9N5O5. The summed E-state index contributed by atoms with van der Waals surface area (Å²) in [6, 6.07) is 0. The van der Waals surface area contributed by atoms with E-state index in [4.69, 9.17) is 8.94 Å². The summed E-state index contributed by atoms with van der Waals surface area (Å²) in [6.45, 7) is 2.95. The van der Waals surface area contributed by atoms with E-state index in [0.29, 0.717) is 5.89 Å². The molecular weight excluding hydrogens is 282 g/mol. The Bertz CT molecular complexity index is 906. The summed E-state index contributed by atoms with van der Waals surface area (Å²) in [5, 5.41) is 24.1. The molecule has 0 atom stereocenters. The van der Waals surface area contributed by atoms with E-state index in [0.717, 1.165) is 4.68 Å². The summed E-state index contributed by atoms with van der Waals surface area (Å²) in [4.78, 5) is 23.5. The van der Waals surface area contributed by atoms with Crippen LogP contribution in [0, 0.1) is 13.8 Å². The molecule has 1 N–H and O–H groups in total. The fraction of sp³-hybridized carbons (Fsp3) is 0.273. The quantitative estimate of drug-likeness (QED) is 0.713. The maximum absolute atomic E-state index is 12.2. The highest BCUT2D eigenvalue weighted by molar-refractivity contribution is 6.00. The Morgan fingerprint density at radius 2 is 2.10 bits per heavy atom. The van der Waals surface area contributed by atoms with Crippen molar-refractivity contribution < 1.29 is 18.8 Å². The van der Waals surface area contributed by atoms with Crippen molar-refractivity contribution in [1.82, 2.24) is 25.1 Å². The standard InChI is InChI=1S/C11H9N5O5/c1-4-7-8(15-21-4)10(17)16(14-9(7)11(18)19)3-6-13-12-5(2)20-6/h3H2,1-2H3,(H,18,19). The minimum absolute atomic E-state index is 0.0884. The number of carboxylic acid groups (broad SMARTS) is 1. The number of carbonyl (C=O) groups is 1. The lowest BCUT2D eigenvalue weighted by Gasteiger charge is -2.03. The summed E-state index contributed by atoms with van der Waals surface area (Å²) in [5.41, 5.74) is -1.02. The number of nitrogens with zero attached hydrogens (tertiary/aromatic N) is 5. The molecule has 3 aromatic rings. The minimum Gasteiger partial charge on any atom is -0.476 e. The molecule has 108 valence electrons. The third-order valence-corrected chi connectivity index (χ3v) is 2.81. The zero-order valence-electron chi connectivity index (χ0n) is 11.0. The molecule has 0 unspecified atom stereocenters. The van der Waals surface area contributed by atoms with Crippen LogP contribution in [0.5, 0.6) is 0 Å². The van der Waals surface area contributed by atoms with Gasteiger partial charge in [0.25, 0.3) is 5.56 Å². The van der Waals surface area contributed by atoms with Crippen molar-refractivity contribution in [2.75, 3.05) is 0 Å². The van der Waals surface area contributed by atoms with Crippen molar-refractivity contribution >= 4 is 16.9 Å². The molecule has 0 amide bonds. The molecule has 21 heavy (non-hydrogen) atoms. The van der Waals surface area contributed by atoms with Gasteiger partial charge >= 0.3 is 5.97 Å². The Morgan fingerprint density at radius 3 is 2.71 bits per heavy atom. The van der Waals surface area contributed by atoms with E-state index in [1.807, 2.05) is 0 Å². The molecule has 10 nitrogen and oxygen atoms in total. The maximum Gasteiger partial charge on any atom is 0.357 e. The highest BCUT2D eigenvalue weighted by Crippen LogP contribution is 2.17. The van der Waals surface area contributed by atoms with Crippen molar-refractivity contribution in [3.63, 3.8) is 0 Å². The molecule has 0 aromatic carbocycles. The number of hydrogen-bond acceptors (Lipinski definition) is 8. The predicted octanol–water partition coefficient (Wildman–Crippen LogP) is 0.131. The van der Waals surface area contributed by atoms with E-state index < -0.39 is 11.5 Å². The second-order valence-corrected chi connectivity index (χ2v) is 4.29. The van der Waals surface area contributed by atoms with Crippen LogP contribution in [0.3, 0.4) is 0 Å². The first-order chi connectivity index (χ1) is 9.97. The number of aromatic nitrogens is 5. The summed E-state index contributed by atoms with van der Waals surface area (Å²) in [7, 11) is 0. The SMILES string of the molecule is Cc1nnc(Cn2nc(C(=O)O)c3c(C)onc3c2=O)o1. The maximum atomic E-state index is 12.2. The van der Waals surface area contributed by atoms with Crippen molar-refractivity contribution in [1.29, 1.82) is 0 Å². The van der Waals surface area contributed by atoms with Gasteiger partial charge in [0.1, 0.15) is 12.3 Å². The molecule has 0 spiro atoms. The monoisotopic (exact) mass is 291 g/mol. The van der Waals surface area contributed by atoms with Crippen molar-refractivity contribution in [2.45, 2.75) is 20.4 Å². The van der Waals surface area contributed by atoms with Crippen LogP contribution in [0.1, 0.15) is 28.0 Å². The molecule has 0 aliphatic heterocycles. The molecule has 0 radical (unpaired) electrons. The van der Waals surface area contributed by atoms with Crippen LogP contribution in [-0.4, -0.2) is 36.2 Å². The van der Waals surface area contributed by atoms with Gasteiger partial charge in [-0.25, -0.2) is 9.48 Å². The summed E-state index contributed by atoms with van der Waals surface area (Å²) < 4.78 is 10.9. The van der Waals surface area contributed by atoms with Crippen LogP contribution in [-0.2, 0) is 6.54 Å². The van der Waals surface area contributed by atoms with Gasteiger partial charge in [0.15, 0.2) is 11.2 Å². The minimum atomic E-state index is -1.29. The van der Waals surface area contributed by atoms with Crippen LogP contribution in [0.2, 0.25) is 0 Å². The van der Waals surface area contributed by atoms with Gasteiger partial charge in [-0.3, -0.25) is 4.79 Å². The smallest absolute Gasteiger partial charge is 0.357 e. The average molecular weight is 291 g/mol.